The molecule has 1 aromatic heterocycles. The predicted molar refractivity (Wildman–Crippen MR) is 85.6 cm³/mol. The molecule has 0 atom stereocenters. The van der Waals surface area contributed by atoms with E-state index in [4.69, 9.17) is 16.6 Å². The first-order chi connectivity index (χ1) is 10.5. The lowest BCUT2D eigenvalue weighted by atomic mass is 10.2. The Hall–Kier alpha value is -1.51. The minimum absolute atomic E-state index is 0.184. The molecule has 2 heterocycles. The minimum atomic E-state index is -2.91. The van der Waals surface area contributed by atoms with Crippen molar-refractivity contribution >= 4 is 22.1 Å². The van der Waals surface area contributed by atoms with Gasteiger partial charge in [0, 0.05) is 18.7 Å². The molecular weight excluding hydrogens is 322 g/mol. The van der Waals surface area contributed by atoms with Crippen LogP contribution in [0.2, 0.25) is 0 Å². The Morgan fingerprint density at radius 1 is 1.18 bits per heavy atom. The van der Waals surface area contributed by atoms with Crippen LogP contribution in [-0.4, -0.2) is 47.7 Å². The SMILES string of the molecule is O=S1(=O)CCCN(Cn2nc(-c3ccccc3)oc2=S)CC1. The molecule has 0 amide bonds. The molecule has 0 N–H and O–H groups in total. The van der Waals surface area contributed by atoms with Crippen molar-refractivity contribution in [3.63, 3.8) is 0 Å². The van der Waals surface area contributed by atoms with E-state index in [9.17, 15) is 8.42 Å². The molecule has 1 saturated heterocycles. The molecular formula is C14H17N3O3S2. The van der Waals surface area contributed by atoms with Crippen molar-refractivity contribution in [1.29, 1.82) is 0 Å². The number of sulfone groups is 1. The number of rotatable bonds is 3. The number of aromatic nitrogens is 2. The molecule has 118 valence electrons. The molecule has 1 aliphatic heterocycles. The van der Waals surface area contributed by atoms with Crippen LogP contribution in [0.3, 0.4) is 0 Å². The zero-order valence-corrected chi connectivity index (χ0v) is 13.6. The van der Waals surface area contributed by atoms with Gasteiger partial charge < -0.3 is 4.42 Å². The van der Waals surface area contributed by atoms with Gasteiger partial charge in [-0.3, -0.25) is 4.90 Å². The molecule has 1 fully saturated rings. The third-order valence-electron chi connectivity index (χ3n) is 3.61. The summed E-state index contributed by atoms with van der Waals surface area (Å²) in [5.41, 5.74) is 0.866. The van der Waals surface area contributed by atoms with Crippen LogP contribution in [-0.2, 0) is 16.5 Å². The quantitative estimate of drug-likeness (QED) is 0.796. The van der Waals surface area contributed by atoms with Crippen molar-refractivity contribution < 1.29 is 12.8 Å². The summed E-state index contributed by atoms with van der Waals surface area (Å²) in [5, 5.41) is 4.40. The molecule has 0 spiro atoms. The van der Waals surface area contributed by atoms with Gasteiger partial charge in [0.15, 0.2) is 9.84 Å². The highest BCUT2D eigenvalue weighted by molar-refractivity contribution is 7.91. The lowest BCUT2D eigenvalue weighted by molar-refractivity contribution is 0.218. The summed E-state index contributed by atoms with van der Waals surface area (Å²) in [6.45, 7) is 1.66. The van der Waals surface area contributed by atoms with Crippen LogP contribution >= 0.6 is 12.2 Å². The van der Waals surface area contributed by atoms with Gasteiger partial charge in [-0.05, 0) is 30.8 Å². The molecule has 8 heteroatoms. The highest BCUT2D eigenvalue weighted by atomic mass is 32.2. The van der Waals surface area contributed by atoms with Crippen molar-refractivity contribution in [2.24, 2.45) is 0 Å². The smallest absolute Gasteiger partial charge is 0.288 e. The second-order valence-corrected chi connectivity index (χ2v) is 7.96. The zero-order chi connectivity index (χ0) is 15.6. The van der Waals surface area contributed by atoms with Crippen LogP contribution in [0.25, 0.3) is 11.5 Å². The molecule has 2 aromatic rings. The second kappa shape index (κ2) is 6.31. The summed E-state index contributed by atoms with van der Waals surface area (Å²) < 4.78 is 30.4. The third kappa shape index (κ3) is 3.63. The van der Waals surface area contributed by atoms with Crippen molar-refractivity contribution in [2.75, 3.05) is 24.6 Å². The molecule has 1 aliphatic rings. The Morgan fingerprint density at radius 2 is 1.95 bits per heavy atom. The third-order valence-corrected chi connectivity index (χ3v) is 5.62. The highest BCUT2D eigenvalue weighted by Crippen LogP contribution is 2.17. The largest absolute Gasteiger partial charge is 0.409 e. The lowest BCUT2D eigenvalue weighted by Crippen LogP contribution is -2.30. The van der Waals surface area contributed by atoms with Crippen LogP contribution < -0.4 is 0 Å². The second-order valence-electron chi connectivity index (χ2n) is 5.30. The average molecular weight is 339 g/mol. The molecule has 0 aliphatic carbocycles. The molecule has 0 radical (unpaired) electrons. The monoisotopic (exact) mass is 339 g/mol. The van der Waals surface area contributed by atoms with E-state index in [0.29, 0.717) is 36.9 Å². The van der Waals surface area contributed by atoms with Gasteiger partial charge in [-0.2, -0.15) is 0 Å². The van der Waals surface area contributed by atoms with E-state index in [0.717, 1.165) is 5.56 Å². The Bertz CT molecular complexity index is 796. The van der Waals surface area contributed by atoms with Gasteiger partial charge >= 0.3 is 0 Å². The van der Waals surface area contributed by atoms with E-state index in [1.807, 2.05) is 35.2 Å². The maximum Gasteiger partial charge on any atom is 0.288 e. The first-order valence-electron chi connectivity index (χ1n) is 7.10. The van der Waals surface area contributed by atoms with Crippen LogP contribution in [0.4, 0.5) is 0 Å². The van der Waals surface area contributed by atoms with Crippen molar-refractivity contribution in [3.05, 3.63) is 35.2 Å². The number of hydrogen-bond donors (Lipinski definition) is 0. The Kier molecular flexibility index (Phi) is 4.42. The zero-order valence-electron chi connectivity index (χ0n) is 12.0. The topological polar surface area (TPSA) is 68.3 Å². The number of nitrogens with zero attached hydrogens (tertiary/aromatic N) is 3. The maximum atomic E-state index is 11.6. The van der Waals surface area contributed by atoms with E-state index < -0.39 is 9.84 Å². The summed E-state index contributed by atoms with van der Waals surface area (Å²) in [4.78, 5) is 2.34. The molecule has 6 nitrogen and oxygen atoms in total. The van der Waals surface area contributed by atoms with Crippen molar-refractivity contribution in [1.82, 2.24) is 14.7 Å². The molecule has 1 aromatic carbocycles. The number of benzene rings is 1. The van der Waals surface area contributed by atoms with Gasteiger partial charge in [-0.25, -0.2) is 13.1 Å². The highest BCUT2D eigenvalue weighted by Gasteiger charge is 2.20. The summed E-state index contributed by atoms with van der Waals surface area (Å²) in [7, 11) is -2.91. The molecule has 0 bridgehead atoms. The van der Waals surface area contributed by atoms with E-state index in [2.05, 4.69) is 5.10 Å². The van der Waals surface area contributed by atoms with Gasteiger partial charge in [0.05, 0.1) is 18.2 Å². The van der Waals surface area contributed by atoms with E-state index >= 15 is 0 Å². The van der Waals surface area contributed by atoms with Crippen molar-refractivity contribution in [2.45, 2.75) is 13.1 Å². The Balaban J connectivity index is 1.76. The fraction of sp³-hybridized carbons (Fsp3) is 0.429. The molecule has 22 heavy (non-hydrogen) atoms. The standard InChI is InChI=1S/C14H17N3O3S2/c18-22(19)9-4-7-16(8-10-22)11-17-14(21)20-13(15-17)12-5-2-1-3-6-12/h1-3,5-6H,4,7-11H2. The van der Waals surface area contributed by atoms with Crippen LogP contribution in [0, 0.1) is 4.84 Å². The Morgan fingerprint density at radius 3 is 2.73 bits per heavy atom. The van der Waals surface area contributed by atoms with Gasteiger partial charge in [0.25, 0.3) is 4.84 Å². The fourth-order valence-electron chi connectivity index (χ4n) is 2.41. The van der Waals surface area contributed by atoms with Gasteiger partial charge in [0.2, 0.25) is 5.89 Å². The summed E-state index contributed by atoms with van der Waals surface area (Å²) in [6, 6.07) is 9.55. The van der Waals surface area contributed by atoms with Gasteiger partial charge in [0.1, 0.15) is 0 Å². The first kappa shape index (κ1) is 15.4. The average Bonchev–Trinajstić information content (AvgIpc) is 2.77. The normalized spacial score (nSPS) is 18.9. The molecule has 0 saturated carbocycles. The van der Waals surface area contributed by atoms with Crippen LogP contribution in [0.5, 0.6) is 0 Å². The van der Waals surface area contributed by atoms with Gasteiger partial charge in [-0.15, -0.1) is 5.10 Å². The van der Waals surface area contributed by atoms with E-state index in [-0.39, 0.29) is 11.5 Å². The fourth-order valence-corrected chi connectivity index (χ4v) is 3.90. The summed E-state index contributed by atoms with van der Waals surface area (Å²) in [6.07, 6.45) is 0.638. The first-order valence-corrected chi connectivity index (χ1v) is 9.33. The van der Waals surface area contributed by atoms with Crippen LogP contribution in [0.15, 0.2) is 34.7 Å². The minimum Gasteiger partial charge on any atom is -0.409 e. The van der Waals surface area contributed by atoms with Gasteiger partial charge in [-0.1, -0.05) is 18.2 Å². The molecule has 3 rings (SSSR count). The summed E-state index contributed by atoms with van der Waals surface area (Å²) >= 11 is 5.21. The number of hydrogen-bond acceptors (Lipinski definition) is 6. The molecule has 0 unspecified atom stereocenters. The van der Waals surface area contributed by atoms with E-state index in [1.54, 1.807) is 4.68 Å². The van der Waals surface area contributed by atoms with E-state index in [1.165, 1.54) is 0 Å². The van der Waals surface area contributed by atoms with Crippen LogP contribution in [0.1, 0.15) is 6.42 Å². The Labute approximate surface area is 134 Å². The maximum absolute atomic E-state index is 11.6. The lowest BCUT2D eigenvalue weighted by Gasteiger charge is -2.17. The predicted octanol–water partition coefficient (Wildman–Crippen LogP) is 1.95. The summed E-state index contributed by atoms with van der Waals surface area (Å²) in [5.74, 6) is 0.917. The van der Waals surface area contributed by atoms with Crippen molar-refractivity contribution in [3.8, 4) is 11.5 Å².